The van der Waals surface area contributed by atoms with E-state index >= 15 is 0 Å². The minimum absolute atomic E-state index is 0.0284. The van der Waals surface area contributed by atoms with E-state index in [0.717, 1.165) is 16.7 Å². The third-order valence-electron chi connectivity index (χ3n) is 3.26. The van der Waals surface area contributed by atoms with Gasteiger partial charge in [0.2, 0.25) is 0 Å². The first-order valence-electron chi connectivity index (χ1n) is 6.22. The molecular weight excluding hydrogens is 276 g/mol. The van der Waals surface area contributed by atoms with Crippen molar-refractivity contribution < 1.29 is 4.92 Å². The molecule has 0 heterocycles. The average Bonchev–Trinajstić information content (AvgIpc) is 2.37. The Hall–Kier alpha value is -2.07. The summed E-state index contributed by atoms with van der Waals surface area (Å²) in [5.74, 6) is 0. The van der Waals surface area contributed by atoms with Crippen molar-refractivity contribution >= 4 is 23.0 Å². The van der Waals surface area contributed by atoms with Gasteiger partial charge in [-0.1, -0.05) is 29.8 Å². The fourth-order valence-corrected chi connectivity index (χ4v) is 2.29. The second-order valence-corrected chi connectivity index (χ2v) is 5.08. The van der Waals surface area contributed by atoms with Crippen LogP contribution in [0, 0.1) is 24.0 Å². The average molecular weight is 291 g/mol. The maximum absolute atomic E-state index is 11.0. The van der Waals surface area contributed by atoms with Crippen LogP contribution in [-0.4, -0.2) is 4.92 Å². The van der Waals surface area contributed by atoms with Crippen LogP contribution in [0.1, 0.15) is 16.7 Å². The van der Waals surface area contributed by atoms with Crippen molar-refractivity contribution in [2.75, 3.05) is 5.32 Å². The van der Waals surface area contributed by atoms with Gasteiger partial charge in [-0.3, -0.25) is 10.1 Å². The smallest absolute Gasteiger partial charge is 0.292 e. The van der Waals surface area contributed by atoms with Crippen LogP contribution in [0.3, 0.4) is 0 Å². The number of nitrogens with zero attached hydrogens (tertiary/aromatic N) is 1. The number of hydrogen-bond donors (Lipinski definition) is 1. The number of nitrogens with one attached hydrogen (secondary N) is 1. The van der Waals surface area contributed by atoms with Crippen molar-refractivity contribution in [3.8, 4) is 0 Å². The Kier molecular flexibility index (Phi) is 4.25. The summed E-state index contributed by atoms with van der Waals surface area (Å²) >= 11 is 5.90. The lowest BCUT2D eigenvalue weighted by Crippen LogP contribution is -2.05. The molecule has 0 aliphatic carbocycles. The Labute approximate surface area is 122 Å². The minimum atomic E-state index is -0.413. The lowest BCUT2D eigenvalue weighted by molar-refractivity contribution is -0.384. The van der Waals surface area contributed by atoms with Gasteiger partial charge in [-0.05, 0) is 42.7 Å². The Morgan fingerprint density at radius 2 is 1.85 bits per heavy atom. The van der Waals surface area contributed by atoms with E-state index < -0.39 is 4.92 Å². The Bertz CT molecular complexity index is 636. The maximum atomic E-state index is 11.0. The van der Waals surface area contributed by atoms with Crippen molar-refractivity contribution in [1.29, 1.82) is 0 Å². The number of aryl methyl sites for hydroxylation is 2. The Morgan fingerprint density at radius 3 is 2.45 bits per heavy atom. The molecule has 2 aromatic carbocycles. The van der Waals surface area contributed by atoms with Crippen molar-refractivity contribution in [3.05, 3.63) is 68.2 Å². The van der Waals surface area contributed by atoms with Gasteiger partial charge in [-0.25, -0.2) is 0 Å². The van der Waals surface area contributed by atoms with Gasteiger partial charge in [0.1, 0.15) is 5.69 Å². The van der Waals surface area contributed by atoms with E-state index in [9.17, 15) is 10.1 Å². The van der Waals surface area contributed by atoms with Crippen LogP contribution in [-0.2, 0) is 6.54 Å². The standard InChI is InChI=1S/C15H15ClN2O2/c1-10-4-3-5-11(2)13(10)9-17-14-8-12(16)6-7-15(14)18(19)20/h3-8,17H,9H2,1-2H3. The van der Waals surface area contributed by atoms with Crippen LogP contribution in [0.5, 0.6) is 0 Å². The monoisotopic (exact) mass is 290 g/mol. The Balaban J connectivity index is 2.27. The first-order valence-corrected chi connectivity index (χ1v) is 6.59. The number of benzene rings is 2. The van der Waals surface area contributed by atoms with Crippen LogP contribution in [0.15, 0.2) is 36.4 Å². The quantitative estimate of drug-likeness (QED) is 0.667. The molecule has 20 heavy (non-hydrogen) atoms. The number of anilines is 1. The van der Waals surface area contributed by atoms with E-state index in [1.165, 1.54) is 12.1 Å². The van der Waals surface area contributed by atoms with Crippen LogP contribution in [0.2, 0.25) is 5.02 Å². The van der Waals surface area contributed by atoms with E-state index in [-0.39, 0.29) is 5.69 Å². The largest absolute Gasteiger partial charge is 0.375 e. The van der Waals surface area contributed by atoms with Gasteiger partial charge in [0.05, 0.1) is 4.92 Å². The molecule has 0 spiro atoms. The number of rotatable bonds is 4. The molecule has 4 nitrogen and oxygen atoms in total. The Morgan fingerprint density at radius 1 is 1.20 bits per heavy atom. The van der Waals surface area contributed by atoms with Crippen LogP contribution in [0.4, 0.5) is 11.4 Å². The molecule has 0 saturated carbocycles. The fourth-order valence-electron chi connectivity index (χ4n) is 2.12. The molecule has 1 N–H and O–H groups in total. The first-order chi connectivity index (χ1) is 9.49. The molecule has 0 aliphatic heterocycles. The zero-order valence-electron chi connectivity index (χ0n) is 11.3. The fraction of sp³-hybridized carbons (Fsp3) is 0.200. The van der Waals surface area contributed by atoms with E-state index in [0.29, 0.717) is 17.3 Å². The summed E-state index contributed by atoms with van der Waals surface area (Å²) in [5, 5.41) is 14.6. The second kappa shape index (κ2) is 5.92. The molecule has 2 rings (SSSR count). The normalized spacial score (nSPS) is 10.3. The summed E-state index contributed by atoms with van der Waals surface area (Å²) < 4.78 is 0. The highest BCUT2D eigenvalue weighted by molar-refractivity contribution is 6.31. The lowest BCUT2D eigenvalue weighted by Gasteiger charge is -2.12. The van der Waals surface area contributed by atoms with Crippen molar-refractivity contribution in [1.82, 2.24) is 0 Å². The van der Waals surface area contributed by atoms with Gasteiger partial charge in [-0.15, -0.1) is 0 Å². The molecule has 0 amide bonds. The van der Waals surface area contributed by atoms with Crippen LogP contribution >= 0.6 is 11.6 Å². The van der Waals surface area contributed by atoms with E-state index in [1.807, 2.05) is 32.0 Å². The summed E-state index contributed by atoms with van der Waals surface area (Å²) in [7, 11) is 0. The number of nitro groups is 1. The van der Waals surface area contributed by atoms with E-state index in [1.54, 1.807) is 6.07 Å². The molecule has 0 saturated heterocycles. The summed E-state index contributed by atoms with van der Waals surface area (Å²) in [4.78, 5) is 10.6. The first kappa shape index (κ1) is 14.3. The van der Waals surface area contributed by atoms with E-state index in [2.05, 4.69) is 5.32 Å². The summed E-state index contributed by atoms with van der Waals surface area (Å²) in [6.07, 6.45) is 0. The minimum Gasteiger partial charge on any atom is -0.375 e. The van der Waals surface area contributed by atoms with Crippen LogP contribution < -0.4 is 5.32 Å². The predicted molar refractivity (Wildman–Crippen MR) is 81.3 cm³/mol. The van der Waals surface area contributed by atoms with Gasteiger partial charge in [0, 0.05) is 17.6 Å². The summed E-state index contributed by atoms with van der Waals surface area (Å²) in [6, 6.07) is 10.6. The van der Waals surface area contributed by atoms with Crippen molar-refractivity contribution in [2.24, 2.45) is 0 Å². The lowest BCUT2D eigenvalue weighted by atomic mass is 10.0. The SMILES string of the molecule is Cc1cccc(C)c1CNc1cc(Cl)ccc1[N+](=O)[O-]. The number of nitro benzene ring substituents is 1. The molecule has 0 aromatic heterocycles. The zero-order chi connectivity index (χ0) is 14.7. The second-order valence-electron chi connectivity index (χ2n) is 4.64. The molecule has 0 atom stereocenters. The summed E-state index contributed by atoms with van der Waals surface area (Å²) in [5.41, 5.74) is 3.91. The molecule has 5 heteroatoms. The third kappa shape index (κ3) is 3.08. The van der Waals surface area contributed by atoms with E-state index in [4.69, 9.17) is 11.6 Å². The maximum Gasteiger partial charge on any atom is 0.292 e. The molecule has 0 unspecified atom stereocenters. The van der Waals surface area contributed by atoms with Crippen molar-refractivity contribution in [2.45, 2.75) is 20.4 Å². The van der Waals surface area contributed by atoms with Gasteiger partial charge in [-0.2, -0.15) is 0 Å². The molecular formula is C15H15ClN2O2. The molecule has 0 bridgehead atoms. The zero-order valence-corrected chi connectivity index (χ0v) is 12.1. The molecule has 0 fully saturated rings. The highest BCUT2D eigenvalue weighted by atomic mass is 35.5. The highest BCUT2D eigenvalue weighted by Gasteiger charge is 2.14. The summed E-state index contributed by atoms with van der Waals surface area (Å²) in [6.45, 7) is 4.58. The van der Waals surface area contributed by atoms with Crippen LogP contribution in [0.25, 0.3) is 0 Å². The molecule has 0 radical (unpaired) electrons. The number of halogens is 1. The predicted octanol–water partition coefficient (Wildman–Crippen LogP) is 4.48. The van der Waals surface area contributed by atoms with Gasteiger partial charge in [0.25, 0.3) is 5.69 Å². The van der Waals surface area contributed by atoms with Gasteiger partial charge >= 0.3 is 0 Å². The van der Waals surface area contributed by atoms with Gasteiger partial charge in [0.15, 0.2) is 0 Å². The molecule has 104 valence electrons. The highest BCUT2D eigenvalue weighted by Crippen LogP contribution is 2.28. The third-order valence-corrected chi connectivity index (χ3v) is 3.49. The molecule has 2 aromatic rings. The number of hydrogen-bond acceptors (Lipinski definition) is 3. The van der Waals surface area contributed by atoms with Crippen molar-refractivity contribution in [3.63, 3.8) is 0 Å². The van der Waals surface area contributed by atoms with Gasteiger partial charge < -0.3 is 5.32 Å². The molecule has 0 aliphatic rings. The topological polar surface area (TPSA) is 55.2 Å².